The molecule has 0 aromatic heterocycles. The Balaban J connectivity index is 1.50. The average molecular weight is 318 g/mol. The van der Waals surface area contributed by atoms with E-state index in [1.807, 2.05) is 17.0 Å². The van der Waals surface area contributed by atoms with Crippen LogP contribution in [0.2, 0.25) is 0 Å². The number of piperidine rings is 1. The molecule has 1 aromatic carbocycles. The molecule has 0 bridgehead atoms. The van der Waals surface area contributed by atoms with E-state index in [4.69, 9.17) is 9.47 Å². The third kappa shape index (κ3) is 3.71. The number of amides is 1. The topological polar surface area (TPSA) is 67.9 Å². The molecule has 6 nitrogen and oxygen atoms in total. The Hall–Kier alpha value is -1.92. The van der Waals surface area contributed by atoms with Crippen molar-refractivity contribution >= 4 is 17.4 Å². The molecule has 23 heavy (non-hydrogen) atoms. The minimum absolute atomic E-state index is 0.0119. The summed E-state index contributed by atoms with van der Waals surface area (Å²) >= 11 is 0. The first-order valence-corrected chi connectivity index (χ1v) is 7.99. The van der Waals surface area contributed by atoms with Crippen LogP contribution in [-0.4, -0.2) is 55.2 Å². The van der Waals surface area contributed by atoms with E-state index in [1.165, 1.54) is 6.92 Å². The van der Waals surface area contributed by atoms with E-state index in [9.17, 15) is 9.59 Å². The van der Waals surface area contributed by atoms with Crippen molar-refractivity contribution in [1.29, 1.82) is 0 Å². The van der Waals surface area contributed by atoms with Crippen molar-refractivity contribution in [3.8, 4) is 0 Å². The predicted octanol–water partition coefficient (Wildman–Crippen LogP) is 1.67. The minimum Gasteiger partial charge on any atom is -0.376 e. The maximum Gasteiger partial charge on any atom is 0.241 e. The van der Waals surface area contributed by atoms with E-state index >= 15 is 0 Å². The second-order valence-corrected chi connectivity index (χ2v) is 5.98. The third-order valence-electron chi connectivity index (χ3n) is 4.40. The molecule has 6 heteroatoms. The predicted molar refractivity (Wildman–Crippen MR) is 85.4 cm³/mol. The summed E-state index contributed by atoms with van der Waals surface area (Å²) in [6, 6.07) is 7.19. The Morgan fingerprint density at radius 2 is 1.91 bits per heavy atom. The van der Waals surface area contributed by atoms with Gasteiger partial charge in [-0.25, -0.2) is 0 Å². The number of nitrogens with zero attached hydrogens (tertiary/aromatic N) is 1. The van der Waals surface area contributed by atoms with Crippen molar-refractivity contribution < 1.29 is 19.1 Å². The molecule has 2 fully saturated rings. The molecule has 3 rings (SSSR count). The number of Topliss-reactive ketones (excluding diaryl/α,β-unsaturated/α-hetero) is 1. The van der Waals surface area contributed by atoms with Gasteiger partial charge >= 0.3 is 0 Å². The second kappa shape index (κ2) is 6.68. The molecule has 2 heterocycles. The first-order valence-electron chi connectivity index (χ1n) is 7.99. The third-order valence-corrected chi connectivity index (χ3v) is 4.40. The lowest BCUT2D eigenvalue weighted by Gasteiger charge is -2.37. The number of benzene rings is 1. The monoisotopic (exact) mass is 318 g/mol. The van der Waals surface area contributed by atoms with E-state index in [0.717, 1.165) is 18.5 Å². The number of rotatable bonds is 4. The van der Waals surface area contributed by atoms with Gasteiger partial charge < -0.3 is 19.7 Å². The fourth-order valence-electron chi connectivity index (χ4n) is 3.02. The SMILES string of the molecule is CC(=O)c1cccc(NCC(=O)N2CCC3(CC2)OCCO3)c1. The van der Waals surface area contributed by atoms with E-state index in [1.54, 1.807) is 12.1 Å². The summed E-state index contributed by atoms with van der Waals surface area (Å²) in [5.41, 5.74) is 1.42. The minimum atomic E-state index is -0.458. The molecule has 2 aliphatic rings. The van der Waals surface area contributed by atoms with Crippen LogP contribution in [0.1, 0.15) is 30.1 Å². The van der Waals surface area contributed by atoms with Gasteiger partial charge in [0.15, 0.2) is 11.6 Å². The molecular formula is C17H22N2O4. The quantitative estimate of drug-likeness (QED) is 0.855. The lowest BCUT2D eigenvalue weighted by molar-refractivity contribution is -0.187. The first kappa shape index (κ1) is 16.0. The molecule has 1 amide bonds. The maximum absolute atomic E-state index is 12.3. The summed E-state index contributed by atoms with van der Waals surface area (Å²) < 4.78 is 11.3. The molecule has 1 N–H and O–H groups in total. The van der Waals surface area contributed by atoms with Gasteiger partial charge in [-0.2, -0.15) is 0 Å². The lowest BCUT2D eigenvalue weighted by atomic mass is 10.0. The van der Waals surface area contributed by atoms with Gasteiger partial charge in [-0.05, 0) is 19.1 Å². The zero-order valence-electron chi connectivity index (χ0n) is 13.3. The van der Waals surface area contributed by atoms with Gasteiger partial charge in [0.2, 0.25) is 5.91 Å². The Morgan fingerprint density at radius 3 is 2.57 bits per heavy atom. The van der Waals surface area contributed by atoms with Crippen LogP contribution in [-0.2, 0) is 14.3 Å². The number of carbonyl (C=O) groups is 2. The van der Waals surface area contributed by atoms with Crippen LogP contribution in [0.15, 0.2) is 24.3 Å². The van der Waals surface area contributed by atoms with Crippen molar-refractivity contribution in [2.45, 2.75) is 25.6 Å². The Morgan fingerprint density at radius 1 is 1.22 bits per heavy atom. The number of anilines is 1. The molecule has 0 saturated carbocycles. The largest absolute Gasteiger partial charge is 0.376 e. The maximum atomic E-state index is 12.3. The highest BCUT2D eigenvalue weighted by Crippen LogP contribution is 2.31. The fraction of sp³-hybridized carbons (Fsp3) is 0.529. The molecule has 0 aliphatic carbocycles. The van der Waals surface area contributed by atoms with Gasteiger partial charge in [0.05, 0.1) is 19.8 Å². The van der Waals surface area contributed by atoms with E-state index in [-0.39, 0.29) is 18.2 Å². The van der Waals surface area contributed by atoms with Gasteiger partial charge in [-0.1, -0.05) is 12.1 Å². The molecule has 1 aromatic rings. The van der Waals surface area contributed by atoms with E-state index in [2.05, 4.69) is 5.32 Å². The Kier molecular flexibility index (Phi) is 4.63. The lowest BCUT2D eigenvalue weighted by Crippen LogP contribution is -2.48. The molecule has 2 aliphatic heterocycles. The van der Waals surface area contributed by atoms with Crippen molar-refractivity contribution in [3.63, 3.8) is 0 Å². The van der Waals surface area contributed by atoms with Crippen LogP contribution in [0.3, 0.4) is 0 Å². The summed E-state index contributed by atoms with van der Waals surface area (Å²) in [4.78, 5) is 25.5. The standard InChI is InChI=1S/C17H22N2O4/c1-13(20)14-3-2-4-15(11-14)18-12-16(21)19-7-5-17(6-8-19)22-9-10-23-17/h2-4,11,18H,5-10,12H2,1H3. The van der Waals surface area contributed by atoms with Crippen molar-refractivity contribution in [3.05, 3.63) is 29.8 Å². The smallest absolute Gasteiger partial charge is 0.241 e. The molecular weight excluding hydrogens is 296 g/mol. The van der Waals surface area contributed by atoms with Crippen LogP contribution >= 0.6 is 0 Å². The first-order chi connectivity index (χ1) is 11.1. The zero-order chi connectivity index (χ0) is 16.3. The van der Waals surface area contributed by atoms with Crippen LogP contribution in [0.25, 0.3) is 0 Å². The molecule has 0 unspecified atom stereocenters. The molecule has 0 radical (unpaired) electrons. The number of carbonyl (C=O) groups excluding carboxylic acids is 2. The number of hydrogen-bond donors (Lipinski definition) is 1. The van der Waals surface area contributed by atoms with Crippen LogP contribution in [0, 0.1) is 0 Å². The number of nitrogens with one attached hydrogen (secondary N) is 1. The van der Waals surface area contributed by atoms with Crippen LogP contribution in [0.4, 0.5) is 5.69 Å². The van der Waals surface area contributed by atoms with E-state index in [0.29, 0.717) is 31.9 Å². The number of ether oxygens (including phenoxy) is 2. The van der Waals surface area contributed by atoms with Crippen LogP contribution in [0.5, 0.6) is 0 Å². The highest BCUT2D eigenvalue weighted by molar-refractivity contribution is 5.95. The molecule has 1 spiro atoms. The molecule has 2 saturated heterocycles. The van der Waals surface area contributed by atoms with Crippen molar-refractivity contribution in [1.82, 2.24) is 4.90 Å². The normalized spacial score (nSPS) is 19.8. The van der Waals surface area contributed by atoms with Crippen molar-refractivity contribution in [2.24, 2.45) is 0 Å². The second-order valence-electron chi connectivity index (χ2n) is 5.98. The van der Waals surface area contributed by atoms with Crippen molar-refractivity contribution in [2.75, 3.05) is 38.2 Å². The summed E-state index contributed by atoms with van der Waals surface area (Å²) in [7, 11) is 0. The van der Waals surface area contributed by atoms with Gasteiger partial charge in [0.1, 0.15) is 0 Å². The zero-order valence-corrected chi connectivity index (χ0v) is 13.3. The highest BCUT2D eigenvalue weighted by Gasteiger charge is 2.40. The summed E-state index contributed by atoms with van der Waals surface area (Å²) in [5, 5.41) is 3.09. The van der Waals surface area contributed by atoms with Gasteiger partial charge in [-0.15, -0.1) is 0 Å². The Bertz CT molecular complexity index is 586. The van der Waals surface area contributed by atoms with Gasteiger partial charge in [0, 0.05) is 37.2 Å². The number of likely N-dealkylation sites (tertiary alicyclic amines) is 1. The highest BCUT2D eigenvalue weighted by atomic mass is 16.7. The van der Waals surface area contributed by atoms with Gasteiger partial charge in [0.25, 0.3) is 0 Å². The summed E-state index contributed by atoms with van der Waals surface area (Å²) in [6.07, 6.45) is 1.44. The van der Waals surface area contributed by atoms with Gasteiger partial charge in [-0.3, -0.25) is 9.59 Å². The van der Waals surface area contributed by atoms with E-state index < -0.39 is 5.79 Å². The van der Waals surface area contributed by atoms with Crippen LogP contribution < -0.4 is 5.32 Å². The molecule has 0 atom stereocenters. The number of hydrogen-bond acceptors (Lipinski definition) is 5. The molecule has 124 valence electrons. The average Bonchev–Trinajstić information content (AvgIpc) is 3.01. The fourth-order valence-corrected chi connectivity index (χ4v) is 3.02. The Labute approximate surface area is 135 Å². The summed E-state index contributed by atoms with van der Waals surface area (Å²) in [5.74, 6) is -0.399. The summed E-state index contributed by atoms with van der Waals surface area (Å²) in [6.45, 7) is 4.32. The number of ketones is 1.